The van der Waals surface area contributed by atoms with Crippen LogP contribution in [0.4, 0.5) is 5.69 Å². The molecule has 0 radical (unpaired) electrons. The Morgan fingerprint density at radius 2 is 1.92 bits per heavy atom. The average Bonchev–Trinajstić information content (AvgIpc) is 3.01. The zero-order valence-electron chi connectivity index (χ0n) is 13.8. The maximum Gasteiger partial charge on any atom is 0.276 e. The van der Waals surface area contributed by atoms with E-state index in [1.165, 1.54) is 19.2 Å². The zero-order chi connectivity index (χ0) is 17.8. The van der Waals surface area contributed by atoms with Gasteiger partial charge in [0.1, 0.15) is 23.9 Å². The van der Waals surface area contributed by atoms with Crippen LogP contribution in [0.3, 0.4) is 0 Å². The van der Waals surface area contributed by atoms with Crippen molar-refractivity contribution < 1.29 is 9.53 Å². The Balaban J connectivity index is 1.62. The van der Waals surface area contributed by atoms with Crippen molar-refractivity contribution in [3.8, 4) is 5.75 Å². The lowest BCUT2D eigenvalue weighted by atomic mass is 10.3. The lowest BCUT2D eigenvalue weighted by molar-refractivity contribution is 0.102. The van der Waals surface area contributed by atoms with Crippen molar-refractivity contribution in [2.45, 2.75) is 6.61 Å². The van der Waals surface area contributed by atoms with Gasteiger partial charge in [0.2, 0.25) is 0 Å². The van der Waals surface area contributed by atoms with E-state index in [1.807, 2.05) is 17.8 Å². The minimum Gasteiger partial charge on any atom is -0.486 e. The number of nitrogens with zero attached hydrogens (tertiary/aromatic N) is 4. The van der Waals surface area contributed by atoms with E-state index in [9.17, 15) is 9.59 Å². The number of carbonyl (C=O) groups excluding carboxylic acids is 1. The van der Waals surface area contributed by atoms with E-state index < -0.39 is 5.91 Å². The quantitative estimate of drug-likeness (QED) is 0.757. The van der Waals surface area contributed by atoms with E-state index >= 15 is 0 Å². The second kappa shape index (κ2) is 7.00. The summed E-state index contributed by atoms with van der Waals surface area (Å²) in [6.07, 6.45) is 3.56. The first-order chi connectivity index (χ1) is 12.0. The molecule has 128 valence electrons. The molecule has 0 spiro atoms. The number of imidazole rings is 1. The third-order valence-corrected chi connectivity index (χ3v) is 3.59. The maximum atomic E-state index is 12.1. The number of hydrogen-bond donors (Lipinski definition) is 1. The highest BCUT2D eigenvalue weighted by atomic mass is 16.5. The molecule has 0 saturated heterocycles. The normalized spacial score (nSPS) is 10.5. The van der Waals surface area contributed by atoms with Crippen molar-refractivity contribution in [2.75, 3.05) is 5.32 Å². The van der Waals surface area contributed by atoms with Crippen molar-refractivity contribution in [3.63, 3.8) is 0 Å². The number of carbonyl (C=O) groups is 1. The predicted octanol–water partition coefficient (Wildman–Crippen LogP) is 1.35. The first-order valence-electron chi connectivity index (χ1n) is 7.58. The van der Waals surface area contributed by atoms with Crippen molar-refractivity contribution >= 4 is 11.6 Å². The maximum absolute atomic E-state index is 12.1. The third kappa shape index (κ3) is 3.92. The zero-order valence-corrected chi connectivity index (χ0v) is 13.8. The minimum absolute atomic E-state index is 0.164. The molecular weight excluding hydrogens is 322 g/mol. The number of rotatable bonds is 5. The topological polar surface area (TPSA) is 91.0 Å². The van der Waals surface area contributed by atoms with Gasteiger partial charge in [0.25, 0.3) is 11.5 Å². The van der Waals surface area contributed by atoms with Gasteiger partial charge in [0.05, 0.1) is 0 Å². The highest BCUT2D eigenvalue weighted by molar-refractivity contribution is 6.02. The van der Waals surface area contributed by atoms with Gasteiger partial charge in [-0.1, -0.05) is 0 Å². The van der Waals surface area contributed by atoms with Crippen LogP contribution in [-0.4, -0.2) is 25.2 Å². The predicted molar refractivity (Wildman–Crippen MR) is 91.4 cm³/mol. The molecule has 0 bridgehead atoms. The van der Waals surface area contributed by atoms with E-state index in [4.69, 9.17) is 4.74 Å². The van der Waals surface area contributed by atoms with Gasteiger partial charge >= 0.3 is 0 Å². The number of aryl methyl sites for hydroxylation is 2. The first kappa shape index (κ1) is 16.4. The van der Waals surface area contributed by atoms with Gasteiger partial charge in [0.15, 0.2) is 0 Å². The average molecular weight is 339 g/mol. The molecule has 0 atom stereocenters. The van der Waals surface area contributed by atoms with Crippen LogP contribution in [0.1, 0.15) is 16.3 Å². The van der Waals surface area contributed by atoms with Gasteiger partial charge in [-0.05, 0) is 30.3 Å². The van der Waals surface area contributed by atoms with Crippen LogP contribution in [-0.2, 0) is 20.7 Å². The summed E-state index contributed by atoms with van der Waals surface area (Å²) in [5, 5.41) is 6.63. The van der Waals surface area contributed by atoms with E-state index in [2.05, 4.69) is 15.4 Å². The summed E-state index contributed by atoms with van der Waals surface area (Å²) < 4.78 is 8.66. The fraction of sp³-hybridized carbons (Fsp3) is 0.176. The van der Waals surface area contributed by atoms with Crippen LogP contribution >= 0.6 is 0 Å². The van der Waals surface area contributed by atoms with Gasteiger partial charge in [0, 0.05) is 38.2 Å². The molecule has 1 N–H and O–H groups in total. The van der Waals surface area contributed by atoms with Gasteiger partial charge in [-0.3, -0.25) is 9.59 Å². The lowest BCUT2D eigenvalue weighted by Gasteiger charge is -2.08. The third-order valence-electron chi connectivity index (χ3n) is 3.59. The monoisotopic (exact) mass is 339 g/mol. The Kier molecular flexibility index (Phi) is 4.60. The smallest absolute Gasteiger partial charge is 0.276 e. The molecule has 0 aliphatic carbocycles. The van der Waals surface area contributed by atoms with Crippen LogP contribution < -0.4 is 15.6 Å². The standard InChI is InChI=1S/C17H17N5O3/c1-21-10-9-18-15(21)11-25-13-5-3-12(4-6-13)19-17(24)14-7-8-16(23)22(2)20-14/h3-10H,11H2,1-2H3,(H,19,24). The molecule has 25 heavy (non-hydrogen) atoms. The summed E-state index contributed by atoms with van der Waals surface area (Å²) in [6, 6.07) is 9.67. The fourth-order valence-electron chi connectivity index (χ4n) is 2.14. The van der Waals surface area contributed by atoms with Gasteiger partial charge in [-0.25, -0.2) is 9.67 Å². The summed E-state index contributed by atoms with van der Waals surface area (Å²) in [5.74, 6) is 1.09. The van der Waals surface area contributed by atoms with Crippen molar-refractivity contribution in [2.24, 2.45) is 14.1 Å². The molecule has 1 aromatic carbocycles. The highest BCUT2D eigenvalue weighted by Crippen LogP contribution is 2.17. The largest absolute Gasteiger partial charge is 0.486 e. The SMILES string of the molecule is Cn1ccnc1COc1ccc(NC(=O)c2ccc(=O)n(C)n2)cc1. The molecule has 8 nitrogen and oxygen atoms in total. The molecule has 0 aliphatic heterocycles. The molecule has 3 rings (SSSR count). The Morgan fingerprint density at radius 1 is 1.16 bits per heavy atom. The number of benzene rings is 1. The van der Waals surface area contributed by atoms with Gasteiger partial charge in [-0.2, -0.15) is 5.10 Å². The number of aromatic nitrogens is 4. The molecule has 8 heteroatoms. The number of nitrogens with one attached hydrogen (secondary N) is 1. The second-order valence-electron chi connectivity index (χ2n) is 5.40. The van der Waals surface area contributed by atoms with E-state index in [1.54, 1.807) is 30.5 Å². The number of amides is 1. The van der Waals surface area contributed by atoms with Crippen LogP contribution in [0.15, 0.2) is 53.6 Å². The summed E-state index contributed by atoms with van der Waals surface area (Å²) in [5.41, 5.74) is 0.493. The van der Waals surface area contributed by atoms with E-state index in [0.29, 0.717) is 18.0 Å². The molecule has 1 amide bonds. The van der Waals surface area contributed by atoms with Gasteiger partial charge in [-0.15, -0.1) is 0 Å². The minimum atomic E-state index is -0.391. The Morgan fingerprint density at radius 3 is 2.56 bits per heavy atom. The molecule has 2 heterocycles. The van der Waals surface area contributed by atoms with Crippen molar-refractivity contribution in [3.05, 3.63) is 70.7 Å². The molecule has 0 saturated carbocycles. The van der Waals surface area contributed by atoms with Crippen molar-refractivity contribution in [1.29, 1.82) is 0 Å². The Hall–Kier alpha value is -3.42. The summed E-state index contributed by atoms with van der Waals surface area (Å²) in [7, 11) is 3.39. The first-order valence-corrected chi connectivity index (χ1v) is 7.58. The highest BCUT2D eigenvalue weighted by Gasteiger charge is 2.09. The fourth-order valence-corrected chi connectivity index (χ4v) is 2.14. The molecular formula is C17H17N5O3. The molecule has 3 aromatic rings. The Bertz CT molecular complexity index is 943. The van der Waals surface area contributed by atoms with Gasteiger partial charge < -0.3 is 14.6 Å². The number of ether oxygens (including phenoxy) is 1. The summed E-state index contributed by atoms with van der Waals surface area (Å²) in [4.78, 5) is 27.6. The number of anilines is 1. The van der Waals surface area contributed by atoms with Crippen molar-refractivity contribution in [1.82, 2.24) is 19.3 Å². The number of hydrogen-bond acceptors (Lipinski definition) is 5. The second-order valence-corrected chi connectivity index (χ2v) is 5.40. The van der Waals surface area contributed by atoms with Crippen LogP contribution in [0.25, 0.3) is 0 Å². The van der Waals surface area contributed by atoms with E-state index in [0.717, 1.165) is 10.5 Å². The summed E-state index contributed by atoms with van der Waals surface area (Å²) >= 11 is 0. The van der Waals surface area contributed by atoms with E-state index in [-0.39, 0.29) is 11.3 Å². The summed E-state index contributed by atoms with van der Waals surface area (Å²) in [6.45, 7) is 0.358. The molecule has 2 aromatic heterocycles. The molecule has 0 unspecified atom stereocenters. The van der Waals surface area contributed by atoms with Crippen LogP contribution in [0.2, 0.25) is 0 Å². The van der Waals surface area contributed by atoms with Crippen LogP contribution in [0.5, 0.6) is 5.75 Å². The molecule has 0 aliphatic rings. The Labute approximate surface area is 143 Å². The molecule has 0 fully saturated rings. The van der Waals surface area contributed by atoms with Crippen LogP contribution in [0, 0.1) is 0 Å². The lowest BCUT2D eigenvalue weighted by Crippen LogP contribution is -2.23.